The SMILES string of the molecule is CC(C)c1ccc(C(F)(F)F)c(F)c1.CC(C)c1ccc(C(F)(F)F)cc1F.CC(C)c1ccc(OC(F)(F)F)c(C(F)(F)F)c1.CC(C)c1ccc(OC(F)(F)F)c(F)c1.CC(C)c1ccc(OC(F)(F)F)cc1F.CC(C)c1cnnc(C(F)(F)F)c1.Cc1cc(C(C)C)ccc1OC(F)(F)F.Cc1nnc(C(C)C)s1. The van der Waals surface area contributed by atoms with E-state index in [2.05, 4.69) is 53.2 Å². The molecule has 2 aromatic heterocycles. The highest BCUT2D eigenvalue weighted by Crippen LogP contribution is 2.41. The molecule has 0 aliphatic heterocycles. The standard InChI is InChI=1S/C11H10F6O.C11H13F3O.2C10H10F4O.2C10H10F4.C8H9F3N2.C6H10N2S/c1-6(2)7-3-4-9(18-11(15,16)17)8(5-7)10(12,13)14;1-7(2)9-4-5-10(8(3)6-9)15-11(12,13)14;1-6(2)8-4-3-7(5-9(8)11)15-10(12,13)14;1-6(2)7-3-4-9(8(11)5-7)15-10(12,13)14;1-6(2)8-4-3-7(5-9(8)11)10(12,13)14;1-6(2)7-3-4-8(9(11)5-7)10(12,13)14;1-5(2)6-3-7(8(9,10)11)13-12-4-6;1-4(2)6-8-7-5(3)9-6/h3-6H,1-2H3;4-7H,1-3H3;2*3-6H,1-2H3;2*3-6H,1-2H3;3-5H,1-2H3;4H,1-3H3. The highest BCUT2D eigenvalue weighted by atomic mass is 32.1. The molecule has 8 nitrogen and oxygen atoms in total. The summed E-state index contributed by atoms with van der Waals surface area (Å²) in [5.41, 5.74) is -0.314. The fourth-order valence-electron chi connectivity index (χ4n) is 8.54. The number of aryl methyl sites for hydroxylation is 2. The molecule has 0 saturated carbocycles. The topological polar surface area (TPSA) is 88.5 Å². The molecule has 0 fully saturated rings. The maximum atomic E-state index is 13.2. The summed E-state index contributed by atoms with van der Waals surface area (Å²) >= 11 is 1.67. The van der Waals surface area contributed by atoms with Crippen LogP contribution >= 0.6 is 11.3 Å². The Kier molecular flexibility index (Phi) is 39.0. The molecule has 2 heterocycles. The highest BCUT2D eigenvalue weighted by Gasteiger charge is 2.41. The average Bonchev–Trinajstić information content (AvgIpc) is 1.10. The zero-order valence-electron chi connectivity index (χ0n) is 63.6. The van der Waals surface area contributed by atoms with Gasteiger partial charge in [-0.3, -0.25) is 0 Å². The molecule has 0 radical (unpaired) electrons. The number of benzene rings is 6. The van der Waals surface area contributed by atoms with Crippen LogP contribution in [0.2, 0.25) is 0 Å². The lowest BCUT2D eigenvalue weighted by Gasteiger charge is -2.17. The largest absolute Gasteiger partial charge is 0.573 e. The summed E-state index contributed by atoms with van der Waals surface area (Å²) in [6, 6.07) is 20.5. The number of hydrogen-bond donors (Lipinski definition) is 0. The van der Waals surface area contributed by atoms with E-state index in [4.69, 9.17) is 0 Å². The number of hydrogen-bond acceptors (Lipinski definition) is 9. The fourth-order valence-corrected chi connectivity index (χ4v) is 9.24. The van der Waals surface area contributed by atoms with Gasteiger partial charge in [-0.1, -0.05) is 153 Å². The van der Waals surface area contributed by atoms with Crippen LogP contribution in [0.3, 0.4) is 0 Å². The van der Waals surface area contributed by atoms with Gasteiger partial charge in [0.2, 0.25) is 0 Å². The Morgan fingerprint density at radius 2 is 0.690 bits per heavy atom. The van der Waals surface area contributed by atoms with E-state index in [-0.39, 0.29) is 46.8 Å². The molecular formula is C76H82F28N4O4S. The van der Waals surface area contributed by atoms with Crippen LogP contribution in [0.1, 0.15) is 235 Å². The summed E-state index contributed by atoms with van der Waals surface area (Å²) < 4.78 is 356. The third-order valence-electron chi connectivity index (χ3n) is 14.6. The zero-order chi connectivity index (χ0) is 87.8. The van der Waals surface area contributed by atoms with Crippen molar-refractivity contribution in [2.75, 3.05) is 0 Å². The van der Waals surface area contributed by atoms with E-state index in [1.165, 1.54) is 42.6 Å². The number of halogens is 28. The molecular weight excluding hydrogens is 1600 g/mol. The number of rotatable bonds is 12. The normalized spacial score (nSPS) is 12.1. The summed E-state index contributed by atoms with van der Waals surface area (Å²) in [6.07, 6.45) is -36.5. The van der Waals surface area contributed by atoms with Gasteiger partial charge >= 0.3 is 50.2 Å². The van der Waals surface area contributed by atoms with Crippen LogP contribution in [0.15, 0.2) is 121 Å². The molecule has 113 heavy (non-hydrogen) atoms. The second-order valence-corrected chi connectivity index (χ2v) is 27.8. The number of ether oxygens (including phenoxy) is 4. The van der Waals surface area contributed by atoms with E-state index < -0.39 is 113 Å². The molecule has 37 heteroatoms. The monoisotopic (exact) mass is 1680 g/mol. The Bertz CT molecular complexity index is 4120. The van der Waals surface area contributed by atoms with Crippen LogP contribution in [-0.2, 0) is 24.7 Å². The van der Waals surface area contributed by atoms with Crippen LogP contribution in [0.5, 0.6) is 23.0 Å². The molecule has 8 aromatic rings. The predicted molar refractivity (Wildman–Crippen MR) is 369 cm³/mol. The molecule has 0 aliphatic rings. The molecule has 0 unspecified atom stereocenters. The molecule has 0 spiro atoms. The number of alkyl halides is 24. The summed E-state index contributed by atoms with van der Waals surface area (Å²) in [6.45, 7) is 32.9. The smallest absolute Gasteiger partial charge is 0.406 e. The van der Waals surface area contributed by atoms with Crippen molar-refractivity contribution in [1.29, 1.82) is 0 Å². The minimum Gasteiger partial charge on any atom is -0.406 e. The van der Waals surface area contributed by atoms with Gasteiger partial charge in [-0.25, -0.2) is 17.6 Å². The first-order chi connectivity index (χ1) is 51.1. The van der Waals surface area contributed by atoms with Crippen LogP contribution < -0.4 is 18.9 Å². The third-order valence-corrected chi connectivity index (χ3v) is 15.7. The van der Waals surface area contributed by atoms with Gasteiger partial charge in [0.25, 0.3) is 0 Å². The van der Waals surface area contributed by atoms with Crippen molar-refractivity contribution in [2.45, 2.75) is 222 Å². The van der Waals surface area contributed by atoms with E-state index in [9.17, 15) is 123 Å². The van der Waals surface area contributed by atoms with Crippen LogP contribution in [0.25, 0.3) is 0 Å². The Balaban J connectivity index is 0.000000649. The minimum absolute atomic E-state index is 0.0202. The third kappa shape index (κ3) is 39.2. The summed E-state index contributed by atoms with van der Waals surface area (Å²) in [5, 5.41) is 16.4. The maximum absolute atomic E-state index is 13.2. The fraction of sp³-hybridized carbons (Fsp3) is 0.447. The molecule has 6 aromatic carbocycles. The van der Waals surface area contributed by atoms with Crippen molar-refractivity contribution in [3.63, 3.8) is 0 Å². The lowest BCUT2D eigenvalue weighted by atomic mass is 10.00. The van der Waals surface area contributed by atoms with E-state index in [0.29, 0.717) is 63.4 Å². The van der Waals surface area contributed by atoms with Crippen molar-refractivity contribution in [3.05, 3.63) is 222 Å². The highest BCUT2D eigenvalue weighted by molar-refractivity contribution is 7.11. The van der Waals surface area contributed by atoms with Gasteiger partial charge in [-0.15, -0.1) is 79.3 Å². The molecule has 0 atom stereocenters. The summed E-state index contributed by atoms with van der Waals surface area (Å²) in [5.74, 6) is -5.90. The van der Waals surface area contributed by atoms with E-state index in [1.54, 1.807) is 99.6 Å². The van der Waals surface area contributed by atoms with E-state index in [0.717, 1.165) is 64.1 Å². The Morgan fingerprint density at radius 3 is 1.04 bits per heavy atom. The first kappa shape index (κ1) is 102. The van der Waals surface area contributed by atoms with Gasteiger partial charge in [-0.05, 0) is 167 Å². The molecule has 0 bridgehead atoms. The second kappa shape index (κ2) is 43.1. The van der Waals surface area contributed by atoms with Crippen LogP contribution in [0.4, 0.5) is 123 Å². The Labute approximate surface area is 638 Å². The van der Waals surface area contributed by atoms with Crippen LogP contribution in [0, 0.1) is 37.1 Å². The summed E-state index contributed by atoms with van der Waals surface area (Å²) in [4.78, 5) is 0. The molecule has 0 amide bonds. The quantitative estimate of drug-likeness (QED) is 0.112. The van der Waals surface area contributed by atoms with Crippen molar-refractivity contribution in [3.8, 4) is 23.0 Å². The van der Waals surface area contributed by atoms with Gasteiger partial charge < -0.3 is 18.9 Å². The minimum atomic E-state index is -5.15. The van der Waals surface area contributed by atoms with Gasteiger partial charge in [0.05, 0.1) is 22.9 Å². The van der Waals surface area contributed by atoms with Gasteiger partial charge in [0.15, 0.2) is 17.3 Å². The predicted octanol–water partition coefficient (Wildman–Crippen LogP) is 29.0. The van der Waals surface area contributed by atoms with Crippen molar-refractivity contribution >= 4 is 11.3 Å². The lowest BCUT2D eigenvalue weighted by molar-refractivity contribution is -0.277. The Hall–Kier alpha value is -8.80. The molecule has 8 rings (SSSR count). The maximum Gasteiger partial charge on any atom is 0.573 e. The van der Waals surface area contributed by atoms with E-state index in [1.807, 2.05) is 34.6 Å². The molecule has 0 saturated heterocycles. The van der Waals surface area contributed by atoms with Crippen molar-refractivity contribution in [2.24, 2.45) is 0 Å². The second-order valence-electron chi connectivity index (χ2n) is 26.6. The molecule has 0 aliphatic carbocycles. The van der Waals surface area contributed by atoms with Gasteiger partial charge in [-0.2, -0.15) is 57.8 Å². The van der Waals surface area contributed by atoms with Gasteiger partial charge in [0, 0.05) is 12.0 Å². The first-order valence-corrected chi connectivity index (χ1v) is 34.3. The summed E-state index contributed by atoms with van der Waals surface area (Å²) in [7, 11) is 0. The first-order valence-electron chi connectivity index (χ1n) is 33.5. The number of aromatic nitrogens is 4. The lowest BCUT2D eigenvalue weighted by Crippen LogP contribution is -2.20. The van der Waals surface area contributed by atoms with Crippen molar-refractivity contribution < 1.29 is 142 Å². The van der Waals surface area contributed by atoms with Gasteiger partial charge in [0.1, 0.15) is 44.7 Å². The molecule has 0 N–H and O–H groups in total. The molecule has 632 valence electrons. The van der Waals surface area contributed by atoms with E-state index >= 15 is 0 Å². The Morgan fingerprint density at radius 1 is 0.301 bits per heavy atom. The number of nitrogens with zero attached hydrogens (tertiary/aromatic N) is 4. The average molecular weight is 1680 g/mol. The van der Waals surface area contributed by atoms with Crippen molar-refractivity contribution in [1.82, 2.24) is 20.4 Å². The van der Waals surface area contributed by atoms with Crippen LogP contribution in [-0.4, -0.2) is 45.8 Å². The zero-order valence-corrected chi connectivity index (χ0v) is 64.4.